The van der Waals surface area contributed by atoms with Gasteiger partial charge in [0.1, 0.15) is 0 Å². The zero-order chi connectivity index (χ0) is 24.5. The minimum absolute atomic E-state index is 0.0125. The number of anilines is 1. The minimum atomic E-state index is -0.576. The molecule has 0 spiro atoms. The van der Waals surface area contributed by atoms with Gasteiger partial charge in [0.05, 0.1) is 12.6 Å². The Morgan fingerprint density at radius 3 is 2.40 bits per heavy atom. The summed E-state index contributed by atoms with van der Waals surface area (Å²) in [6, 6.07) is 14.6. The zero-order valence-electron chi connectivity index (χ0n) is 20.8. The molecule has 35 heavy (non-hydrogen) atoms. The molecule has 1 fully saturated rings. The highest BCUT2D eigenvalue weighted by Crippen LogP contribution is 2.26. The number of carbonyl (C=O) groups is 2. The number of nitrogens with zero attached hydrogens (tertiary/aromatic N) is 4. The van der Waals surface area contributed by atoms with E-state index >= 15 is 0 Å². The standard InChI is InChI=1S/C28H36N4O3/c1-20(2)32-14-13-30(19-27(32)34)24-7-8-26-22(15-24)10-12-31(28(26)35)18-25(33)17-29-11-9-21-5-3-4-6-23(21)16-29/h3-8,15,20,25,33H,9-14,16-19H2,1-2H3/t25-/m1/s1. The van der Waals surface area contributed by atoms with Gasteiger partial charge >= 0.3 is 0 Å². The fourth-order valence-electron chi connectivity index (χ4n) is 5.67. The first-order valence-electron chi connectivity index (χ1n) is 12.8. The number of hydrogen-bond donors (Lipinski definition) is 1. The lowest BCUT2D eigenvalue weighted by atomic mass is 9.97. The SMILES string of the molecule is CC(C)N1CCN(c2ccc3c(c2)CCN(C[C@H](O)CN2CCc4ccccc4C2)C3=O)CC1=O. The second kappa shape index (κ2) is 9.99. The van der Waals surface area contributed by atoms with Crippen LogP contribution in [0.4, 0.5) is 5.69 Å². The minimum Gasteiger partial charge on any atom is -0.390 e. The van der Waals surface area contributed by atoms with E-state index in [-0.39, 0.29) is 17.9 Å². The maximum absolute atomic E-state index is 13.2. The van der Waals surface area contributed by atoms with Crippen LogP contribution in [0.2, 0.25) is 0 Å². The van der Waals surface area contributed by atoms with Crippen LogP contribution in [-0.4, -0.2) is 89.6 Å². The quantitative estimate of drug-likeness (QED) is 0.692. The molecule has 3 aliphatic heterocycles. The van der Waals surface area contributed by atoms with E-state index < -0.39 is 6.10 Å². The third-order valence-corrected chi connectivity index (χ3v) is 7.61. The number of benzene rings is 2. The first-order valence-corrected chi connectivity index (χ1v) is 12.8. The van der Waals surface area contributed by atoms with Crippen molar-refractivity contribution < 1.29 is 14.7 Å². The summed E-state index contributed by atoms with van der Waals surface area (Å²) in [5.74, 6) is 0.138. The monoisotopic (exact) mass is 476 g/mol. The number of amides is 2. The summed E-state index contributed by atoms with van der Waals surface area (Å²) in [6.07, 6.45) is 1.19. The van der Waals surface area contributed by atoms with Gasteiger partial charge in [-0.05, 0) is 61.6 Å². The Balaban J connectivity index is 1.18. The number of aliphatic hydroxyl groups excluding tert-OH is 1. The predicted molar refractivity (Wildman–Crippen MR) is 137 cm³/mol. The van der Waals surface area contributed by atoms with Gasteiger partial charge in [0.2, 0.25) is 5.91 Å². The summed E-state index contributed by atoms with van der Waals surface area (Å²) in [5.41, 5.74) is 5.48. The first-order chi connectivity index (χ1) is 16.9. The van der Waals surface area contributed by atoms with E-state index in [1.54, 1.807) is 4.90 Å². The molecule has 0 saturated carbocycles. The van der Waals surface area contributed by atoms with E-state index in [1.165, 1.54) is 11.1 Å². The second-order valence-electron chi connectivity index (χ2n) is 10.4. The van der Waals surface area contributed by atoms with Crippen LogP contribution in [0.15, 0.2) is 42.5 Å². The van der Waals surface area contributed by atoms with Gasteiger partial charge in [-0.25, -0.2) is 0 Å². The van der Waals surface area contributed by atoms with Gasteiger partial charge in [-0.3, -0.25) is 14.5 Å². The summed E-state index contributed by atoms with van der Waals surface area (Å²) in [5, 5.41) is 10.8. The molecule has 1 saturated heterocycles. The molecular weight excluding hydrogens is 440 g/mol. The van der Waals surface area contributed by atoms with Crippen molar-refractivity contribution in [3.8, 4) is 0 Å². The topological polar surface area (TPSA) is 67.3 Å². The van der Waals surface area contributed by atoms with Crippen LogP contribution in [0.5, 0.6) is 0 Å². The van der Waals surface area contributed by atoms with Gasteiger partial charge in [0.25, 0.3) is 5.91 Å². The van der Waals surface area contributed by atoms with Crippen LogP contribution >= 0.6 is 0 Å². The number of β-amino-alcohol motifs (C(OH)–C–C–N with tert-alkyl or cyclic N) is 1. The number of hydrogen-bond acceptors (Lipinski definition) is 5. The fourth-order valence-corrected chi connectivity index (χ4v) is 5.67. The molecule has 1 N–H and O–H groups in total. The Labute approximate surface area is 207 Å². The van der Waals surface area contributed by atoms with Crippen molar-refractivity contribution in [2.45, 2.75) is 45.4 Å². The molecule has 0 aromatic heterocycles. The van der Waals surface area contributed by atoms with Gasteiger partial charge in [0.15, 0.2) is 0 Å². The van der Waals surface area contributed by atoms with E-state index in [9.17, 15) is 14.7 Å². The summed E-state index contributed by atoms with van der Waals surface area (Å²) in [4.78, 5) is 33.8. The molecule has 5 rings (SSSR count). The van der Waals surface area contributed by atoms with Crippen LogP contribution in [0.25, 0.3) is 0 Å². The Kier molecular flexibility index (Phi) is 6.80. The van der Waals surface area contributed by atoms with Crippen molar-refractivity contribution in [3.05, 3.63) is 64.7 Å². The summed E-state index contributed by atoms with van der Waals surface area (Å²) in [6.45, 7) is 9.31. The van der Waals surface area contributed by atoms with Gasteiger partial charge in [-0.15, -0.1) is 0 Å². The van der Waals surface area contributed by atoms with E-state index in [1.807, 2.05) is 30.9 Å². The normalized spacial score (nSPS) is 19.7. The Morgan fingerprint density at radius 2 is 1.63 bits per heavy atom. The average Bonchev–Trinajstić information content (AvgIpc) is 2.85. The Morgan fingerprint density at radius 1 is 0.857 bits per heavy atom. The van der Waals surface area contributed by atoms with Gasteiger partial charge in [-0.2, -0.15) is 0 Å². The molecule has 2 amide bonds. The molecule has 1 atom stereocenters. The Hall–Kier alpha value is -2.90. The summed E-state index contributed by atoms with van der Waals surface area (Å²) in [7, 11) is 0. The van der Waals surface area contributed by atoms with Crippen LogP contribution in [0.1, 0.15) is 40.9 Å². The van der Waals surface area contributed by atoms with Crippen molar-refractivity contribution in [2.24, 2.45) is 0 Å². The van der Waals surface area contributed by atoms with Crippen LogP contribution in [-0.2, 0) is 24.2 Å². The number of aliphatic hydroxyl groups is 1. The number of piperazine rings is 1. The summed E-state index contributed by atoms with van der Waals surface area (Å²) >= 11 is 0. The maximum Gasteiger partial charge on any atom is 0.254 e. The summed E-state index contributed by atoms with van der Waals surface area (Å²) < 4.78 is 0. The lowest BCUT2D eigenvalue weighted by molar-refractivity contribution is -0.132. The average molecular weight is 477 g/mol. The van der Waals surface area contributed by atoms with E-state index in [4.69, 9.17) is 0 Å². The maximum atomic E-state index is 13.2. The zero-order valence-corrected chi connectivity index (χ0v) is 20.8. The fraction of sp³-hybridized carbons (Fsp3) is 0.500. The molecule has 3 aliphatic rings. The molecule has 186 valence electrons. The molecular formula is C28H36N4O3. The van der Waals surface area contributed by atoms with Crippen LogP contribution < -0.4 is 4.90 Å². The third-order valence-electron chi connectivity index (χ3n) is 7.61. The molecule has 2 aromatic rings. The van der Waals surface area contributed by atoms with Gasteiger partial charge in [-0.1, -0.05) is 24.3 Å². The highest BCUT2D eigenvalue weighted by atomic mass is 16.3. The van der Waals surface area contributed by atoms with Gasteiger partial charge < -0.3 is 19.8 Å². The highest BCUT2D eigenvalue weighted by molar-refractivity contribution is 5.97. The molecule has 7 heteroatoms. The Bertz CT molecular complexity index is 1100. The molecule has 3 heterocycles. The number of carbonyl (C=O) groups excluding carboxylic acids is 2. The molecule has 0 bridgehead atoms. The first kappa shape index (κ1) is 23.8. The molecule has 0 radical (unpaired) electrons. The van der Waals surface area contributed by atoms with Crippen molar-refractivity contribution in [2.75, 3.05) is 50.7 Å². The molecule has 0 unspecified atom stereocenters. The smallest absolute Gasteiger partial charge is 0.254 e. The number of fused-ring (bicyclic) bond motifs is 2. The molecule has 0 aliphatic carbocycles. The van der Waals surface area contributed by atoms with E-state index in [2.05, 4.69) is 40.1 Å². The lowest BCUT2D eigenvalue weighted by Gasteiger charge is -2.38. The molecule has 2 aromatic carbocycles. The third kappa shape index (κ3) is 5.07. The highest BCUT2D eigenvalue weighted by Gasteiger charge is 2.30. The van der Waals surface area contributed by atoms with E-state index in [0.29, 0.717) is 31.7 Å². The van der Waals surface area contributed by atoms with Crippen molar-refractivity contribution in [1.82, 2.24) is 14.7 Å². The largest absolute Gasteiger partial charge is 0.390 e. The number of rotatable bonds is 6. The predicted octanol–water partition coefficient (Wildman–Crippen LogP) is 2.16. The van der Waals surface area contributed by atoms with Crippen molar-refractivity contribution in [3.63, 3.8) is 0 Å². The van der Waals surface area contributed by atoms with Gasteiger partial charge in [0, 0.05) is 63.1 Å². The van der Waals surface area contributed by atoms with Crippen LogP contribution in [0, 0.1) is 0 Å². The lowest BCUT2D eigenvalue weighted by Crippen LogP contribution is -2.52. The van der Waals surface area contributed by atoms with Crippen molar-refractivity contribution >= 4 is 17.5 Å². The van der Waals surface area contributed by atoms with E-state index in [0.717, 1.165) is 50.3 Å². The second-order valence-corrected chi connectivity index (χ2v) is 10.4. The van der Waals surface area contributed by atoms with Crippen molar-refractivity contribution in [1.29, 1.82) is 0 Å². The molecule has 7 nitrogen and oxygen atoms in total. The van der Waals surface area contributed by atoms with Crippen LogP contribution in [0.3, 0.4) is 0 Å².